The zero-order valence-electron chi connectivity index (χ0n) is 9.83. The van der Waals surface area contributed by atoms with Crippen LogP contribution >= 0.6 is 0 Å². The van der Waals surface area contributed by atoms with E-state index in [2.05, 4.69) is 9.97 Å². The number of hydrogen-bond acceptors (Lipinski definition) is 3. The van der Waals surface area contributed by atoms with Crippen LogP contribution in [-0.2, 0) is 0 Å². The number of fused-ring (bicyclic) bond motifs is 1. The normalized spacial score (nSPS) is 10.7. The second-order valence-electron chi connectivity index (χ2n) is 4.08. The Hall–Kier alpha value is -2.89. The second-order valence-corrected chi connectivity index (χ2v) is 4.08. The molecule has 0 bridgehead atoms. The molecule has 3 rings (SSSR count). The van der Waals surface area contributed by atoms with Crippen LogP contribution in [0.15, 0.2) is 47.5 Å². The molecule has 0 aliphatic heterocycles. The molecule has 94 valence electrons. The number of carbonyl (C=O) groups is 1. The van der Waals surface area contributed by atoms with Crippen molar-refractivity contribution in [2.24, 2.45) is 5.73 Å². The van der Waals surface area contributed by atoms with Crippen LogP contribution in [0.4, 0.5) is 0 Å². The predicted molar refractivity (Wildman–Crippen MR) is 69.8 cm³/mol. The number of carbonyl (C=O) groups excluding carboxylic acids is 1. The average molecular weight is 254 g/mol. The fraction of sp³-hybridized carbons (Fsp3) is 0. The van der Waals surface area contributed by atoms with Crippen molar-refractivity contribution in [2.75, 3.05) is 0 Å². The molecule has 3 aromatic rings. The van der Waals surface area contributed by atoms with E-state index in [1.54, 1.807) is 42.7 Å². The van der Waals surface area contributed by atoms with Gasteiger partial charge in [-0.1, -0.05) is 12.1 Å². The minimum absolute atomic E-state index is 0.245. The third-order valence-electron chi connectivity index (χ3n) is 2.86. The van der Waals surface area contributed by atoms with E-state index in [1.807, 2.05) is 0 Å². The molecule has 0 saturated carbocycles. The van der Waals surface area contributed by atoms with Gasteiger partial charge >= 0.3 is 5.69 Å². The van der Waals surface area contributed by atoms with Crippen molar-refractivity contribution in [2.45, 2.75) is 0 Å². The number of H-pyrrole nitrogens is 1. The Labute approximate surface area is 107 Å². The number of imidazole rings is 1. The summed E-state index contributed by atoms with van der Waals surface area (Å²) in [5.74, 6) is -0.474. The summed E-state index contributed by atoms with van der Waals surface area (Å²) in [4.78, 5) is 29.5. The molecule has 3 N–H and O–H groups in total. The van der Waals surface area contributed by atoms with Crippen LogP contribution in [-0.4, -0.2) is 20.3 Å². The molecule has 0 atom stereocenters. The van der Waals surface area contributed by atoms with Gasteiger partial charge in [0.05, 0.1) is 5.69 Å². The van der Waals surface area contributed by atoms with Crippen molar-refractivity contribution in [1.82, 2.24) is 14.4 Å². The summed E-state index contributed by atoms with van der Waals surface area (Å²) in [5, 5.41) is 0. The molecular formula is C13H10N4O2. The van der Waals surface area contributed by atoms with Crippen LogP contribution in [0.25, 0.3) is 16.9 Å². The fourth-order valence-electron chi connectivity index (χ4n) is 1.88. The standard InChI is InChI=1S/C13H10N4O2/c14-12(18)9-3-1-8(2-4-9)10-7-17-11(16-10)5-6-15-13(17)19/h1-7H,(H2,14,18)(H,15,19). The number of aromatic amines is 1. The summed E-state index contributed by atoms with van der Waals surface area (Å²) in [6.45, 7) is 0. The number of rotatable bonds is 2. The van der Waals surface area contributed by atoms with Crippen molar-refractivity contribution in [3.63, 3.8) is 0 Å². The van der Waals surface area contributed by atoms with Crippen LogP contribution in [0.1, 0.15) is 10.4 Å². The molecule has 0 saturated heterocycles. The number of nitrogens with zero attached hydrogens (tertiary/aromatic N) is 2. The number of aromatic nitrogens is 3. The van der Waals surface area contributed by atoms with Gasteiger partial charge in [0.1, 0.15) is 5.65 Å². The molecule has 1 amide bonds. The zero-order valence-corrected chi connectivity index (χ0v) is 9.83. The summed E-state index contributed by atoms with van der Waals surface area (Å²) in [7, 11) is 0. The quantitative estimate of drug-likeness (QED) is 0.708. The SMILES string of the molecule is NC(=O)c1ccc(-c2cn3c(=O)[nH]ccc3n2)cc1. The van der Waals surface area contributed by atoms with E-state index in [-0.39, 0.29) is 5.69 Å². The largest absolute Gasteiger partial charge is 0.366 e. The molecule has 0 fully saturated rings. The molecule has 6 heteroatoms. The highest BCUT2D eigenvalue weighted by molar-refractivity contribution is 5.93. The van der Waals surface area contributed by atoms with Gasteiger partial charge < -0.3 is 10.7 Å². The molecule has 6 nitrogen and oxygen atoms in total. The maximum atomic E-state index is 11.6. The Bertz CT molecular complexity index is 815. The topological polar surface area (TPSA) is 93.2 Å². The Kier molecular flexibility index (Phi) is 2.42. The number of nitrogens with two attached hydrogens (primary N) is 1. The first-order valence-electron chi connectivity index (χ1n) is 5.62. The Morgan fingerprint density at radius 3 is 2.58 bits per heavy atom. The van der Waals surface area contributed by atoms with Gasteiger partial charge in [0.25, 0.3) is 0 Å². The number of amides is 1. The lowest BCUT2D eigenvalue weighted by Crippen LogP contribution is -2.13. The highest BCUT2D eigenvalue weighted by atomic mass is 16.1. The molecule has 19 heavy (non-hydrogen) atoms. The van der Waals surface area contributed by atoms with E-state index in [9.17, 15) is 9.59 Å². The second kappa shape index (κ2) is 4.09. The van der Waals surface area contributed by atoms with Gasteiger partial charge in [-0.25, -0.2) is 9.78 Å². The minimum atomic E-state index is -0.474. The van der Waals surface area contributed by atoms with Crippen LogP contribution < -0.4 is 11.4 Å². The lowest BCUT2D eigenvalue weighted by Gasteiger charge is -1.97. The Morgan fingerprint density at radius 2 is 1.95 bits per heavy atom. The maximum absolute atomic E-state index is 11.6. The summed E-state index contributed by atoms with van der Waals surface area (Å²) >= 11 is 0. The zero-order chi connectivity index (χ0) is 13.4. The van der Waals surface area contributed by atoms with Gasteiger partial charge in [-0.05, 0) is 18.2 Å². The van der Waals surface area contributed by atoms with Crippen molar-refractivity contribution in [1.29, 1.82) is 0 Å². The molecule has 0 aliphatic carbocycles. The first-order chi connectivity index (χ1) is 9.15. The smallest absolute Gasteiger partial charge is 0.331 e. The molecule has 1 aromatic carbocycles. The van der Waals surface area contributed by atoms with Crippen molar-refractivity contribution in [3.8, 4) is 11.3 Å². The van der Waals surface area contributed by atoms with E-state index >= 15 is 0 Å². The van der Waals surface area contributed by atoms with Gasteiger partial charge in [-0.15, -0.1) is 0 Å². The molecule has 0 spiro atoms. The Morgan fingerprint density at radius 1 is 1.21 bits per heavy atom. The molecule has 2 heterocycles. The van der Waals surface area contributed by atoms with E-state index in [0.717, 1.165) is 5.56 Å². The first kappa shape index (κ1) is 11.2. The average Bonchev–Trinajstić information content (AvgIpc) is 2.84. The van der Waals surface area contributed by atoms with Crippen molar-refractivity contribution < 1.29 is 4.79 Å². The van der Waals surface area contributed by atoms with Gasteiger partial charge in [-0.2, -0.15) is 0 Å². The number of nitrogens with one attached hydrogen (secondary N) is 1. The lowest BCUT2D eigenvalue weighted by atomic mass is 10.1. The number of hydrogen-bond donors (Lipinski definition) is 2. The van der Waals surface area contributed by atoms with E-state index in [4.69, 9.17) is 5.73 Å². The molecule has 0 radical (unpaired) electrons. The van der Waals surface area contributed by atoms with Gasteiger partial charge in [0.2, 0.25) is 5.91 Å². The minimum Gasteiger partial charge on any atom is -0.366 e. The summed E-state index contributed by atoms with van der Waals surface area (Å²) in [6, 6.07) is 8.46. The third kappa shape index (κ3) is 1.89. The third-order valence-corrected chi connectivity index (χ3v) is 2.86. The van der Waals surface area contributed by atoms with Gasteiger partial charge in [0, 0.05) is 23.5 Å². The van der Waals surface area contributed by atoms with Crippen LogP contribution in [0.2, 0.25) is 0 Å². The van der Waals surface area contributed by atoms with Crippen molar-refractivity contribution >= 4 is 11.6 Å². The summed E-state index contributed by atoms with van der Waals surface area (Å²) in [6.07, 6.45) is 3.19. The molecule has 0 unspecified atom stereocenters. The van der Waals surface area contributed by atoms with Crippen LogP contribution in [0.5, 0.6) is 0 Å². The maximum Gasteiger partial charge on any atom is 0.331 e. The summed E-state index contributed by atoms with van der Waals surface area (Å²) < 4.78 is 1.43. The lowest BCUT2D eigenvalue weighted by molar-refractivity contribution is 0.100. The van der Waals surface area contributed by atoms with Gasteiger partial charge in [-0.3, -0.25) is 9.20 Å². The number of benzene rings is 1. The Balaban J connectivity index is 2.11. The first-order valence-corrected chi connectivity index (χ1v) is 5.62. The number of primary amides is 1. The van der Waals surface area contributed by atoms with Crippen LogP contribution in [0.3, 0.4) is 0 Å². The van der Waals surface area contributed by atoms with Crippen LogP contribution in [0, 0.1) is 0 Å². The van der Waals surface area contributed by atoms with Gasteiger partial charge in [0.15, 0.2) is 0 Å². The molecular weight excluding hydrogens is 244 g/mol. The predicted octanol–water partition coefficient (Wildman–Crippen LogP) is 0.788. The highest BCUT2D eigenvalue weighted by Crippen LogP contribution is 2.18. The van der Waals surface area contributed by atoms with E-state index in [1.165, 1.54) is 4.40 Å². The van der Waals surface area contributed by atoms with E-state index < -0.39 is 5.91 Å². The molecule has 2 aromatic heterocycles. The van der Waals surface area contributed by atoms with E-state index in [0.29, 0.717) is 16.9 Å². The summed E-state index contributed by atoms with van der Waals surface area (Å²) in [5.41, 5.74) is 7.41. The fourth-order valence-corrected chi connectivity index (χ4v) is 1.88. The highest BCUT2D eigenvalue weighted by Gasteiger charge is 2.07. The monoisotopic (exact) mass is 254 g/mol. The van der Waals surface area contributed by atoms with Crippen molar-refractivity contribution in [3.05, 3.63) is 58.8 Å². The molecule has 0 aliphatic rings.